The van der Waals surface area contributed by atoms with Gasteiger partial charge in [0.25, 0.3) is 5.56 Å². The number of benzene rings is 1. The van der Waals surface area contributed by atoms with Gasteiger partial charge in [-0.15, -0.1) is 0 Å². The number of ether oxygens (including phenoxy) is 2. The fourth-order valence-electron chi connectivity index (χ4n) is 2.48. The molecule has 3 aromatic rings. The quantitative estimate of drug-likeness (QED) is 0.645. The number of aromatic nitrogens is 3. The van der Waals surface area contributed by atoms with Gasteiger partial charge in [-0.05, 0) is 39.0 Å². The second kappa shape index (κ2) is 7.65. The minimum Gasteiger partial charge on any atom is -0.455 e. The van der Waals surface area contributed by atoms with Crippen molar-refractivity contribution in [2.24, 2.45) is 0 Å². The minimum atomic E-state index is -4.77. The van der Waals surface area contributed by atoms with Crippen molar-refractivity contribution in [1.82, 2.24) is 15.0 Å². The molecule has 2 heterocycles. The van der Waals surface area contributed by atoms with E-state index >= 15 is 0 Å². The molecule has 0 aliphatic carbocycles. The number of pyridine rings is 1. The molecular formula is C19H17F3N4O4. The molecule has 0 fully saturated rings. The number of hydrogen-bond donors (Lipinski definition) is 2. The summed E-state index contributed by atoms with van der Waals surface area (Å²) in [7, 11) is 0. The van der Waals surface area contributed by atoms with E-state index < -0.39 is 34.7 Å². The number of nitrogens with one attached hydrogen (secondary N) is 2. The van der Waals surface area contributed by atoms with Crippen molar-refractivity contribution in [2.45, 2.75) is 32.5 Å². The topological polar surface area (TPSA) is 106 Å². The second-order valence-electron chi connectivity index (χ2n) is 7.19. The molecule has 0 saturated heterocycles. The van der Waals surface area contributed by atoms with Gasteiger partial charge in [0.2, 0.25) is 0 Å². The Labute approximate surface area is 168 Å². The predicted octanol–water partition coefficient (Wildman–Crippen LogP) is 4.48. The summed E-state index contributed by atoms with van der Waals surface area (Å²) in [4.78, 5) is 33.5. The third-order valence-electron chi connectivity index (χ3n) is 3.60. The molecule has 0 atom stereocenters. The van der Waals surface area contributed by atoms with Crippen LogP contribution in [-0.4, -0.2) is 26.6 Å². The van der Waals surface area contributed by atoms with Crippen molar-refractivity contribution in [3.05, 3.63) is 52.6 Å². The van der Waals surface area contributed by atoms with Gasteiger partial charge in [-0.2, -0.15) is 13.2 Å². The highest BCUT2D eigenvalue weighted by Gasteiger charge is 2.35. The molecule has 30 heavy (non-hydrogen) atoms. The summed E-state index contributed by atoms with van der Waals surface area (Å²) < 4.78 is 51.2. The summed E-state index contributed by atoms with van der Waals surface area (Å²) in [6.45, 7) is 4.78. The van der Waals surface area contributed by atoms with Crippen LogP contribution in [0.3, 0.4) is 0 Å². The number of carbonyl (C=O) groups is 1. The van der Waals surface area contributed by atoms with Crippen LogP contribution in [0.5, 0.6) is 11.5 Å². The van der Waals surface area contributed by atoms with E-state index in [4.69, 9.17) is 9.47 Å². The van der Waals surface area contributed by atoms with Crippen LogP contribution in [0.15, 0.2) is 41.5 Å². The predicted molar refractivity (Wildman–Crippen MR) is 102 cm³/mol. The van der Waals surface area contributed by atoms with Crippen LogP contribution in [-0.2, 0) is 10.9 Å². The third-order valence-corrected chi connectivity index (χ3v) is 3.60. The number of aromatic amines is 1. The molecule has 0 bridgehead atoms. The van der Waals surface area contributed by atoms with Gasteiger partial charge in [0, 0.05) is 12.3 Å². The van der Waals surface area contributed by atoms with E-state index in [1.54, 1.807) is 20.8 Å². The van der Waals surface area contributed by atoms with E-state index in [-0.39, 0.29) is 22.7 Å². The average Bonchev–Trinajstić information content (AvgIpc) is 2.60. The molecule has 0 radical (unpaired) electrons. The number of carbonyl (C=O) groups excluding carboxylic acids is 1. The monoisotopic (exact) mass is 422 g/mol. The summed E-state index contributed by atoms with van der Waals surface area (Å²) in [5.41, 5.74) is -2.66. The minimum absolute atomic E-state index is 0.0947. The Bertz CT molecular complexity index is 1150. The highest BCUT2D eigenvalue weighted by molar-refractivity contribution is 5.86. The third kappa shape index (κ3) is 5.04. The number of H-pyrrole nitrogens is 1. The van der Waals surface area contributed by atoms with Crippen molar-refractivity contribution < 1.29 is 27.4 Å². The molecule has 8 nitrogen and oxygen atoms in total. The van der Waals surface area contributed by atoms with Crippen LogP contribution in [0.1, 0.15) is 26.3 Å². The lowest BCUT2D eigenvalue weighted by molar-refractivity contribution is -0.137. The fourth-order valence-corrected chi connectivity index (χ4v) is 2.48. The number of amides is 1. The Hall–Kier alpha value is -3.63. The van der Waals surface area contributed by atoms with E-state index in [0.717, 1.165) is 18.3 Å². The lowest BCUT2D eigenvalue weighted by atomic mass is 10.1. The van der Waals surface area contributed by atoms with Gasteiger partial charge in [-0.3, -0.25) is 10.1 Å². The summed E-state index contributed by atoms with van der Waals surface area (Å²) in [5.74, 6) is -0.0604. The fraction of sp³-hybridized carbons (Fsp3) is 0.263. The number of hydrogen-bond acceptors (Lipinski definition) is 6. The van der Waals surface area contributed by atoms with E-state index in [1.807, 2.05) is 0 Å². The van der Waals surface area contributed by atoms with Crippen LogP contribution in [0.4, 0.5) is 23.7 Å². The maximum atomic E-state index is 13.5. The number of anilines is 1. The highest BCUT2D eigenvalue weighted by Crippen LogP contribution is 2.38. The summed E-state index contributed by atoms with van der Waals surface area (Å²) in [6.07, 6.45) is -3.47. The summed E-state index contributed by atoms with van der Waals surface area (Å²) in [5, 5.41) is 2.10. The molecule has 0 unspecified atom stereocenters. The molecule has 0 aliphatic rings. The lowest BCUT2D eigenvalue weighted by Crippen LogP contribution is -2.28. The summed E-state index contributed by atoms with van der Waals surface area (Å²) >= 11 is 0. The highest BCUT2D eigenvalue weighted by atomic mass is 19.4. The van der Waals surface area contributed by atoms with Crippen molar-refractivity contribution in [2.75, 3.05) is 5.32 Å². The Morgan fingerprint density at radius 3 is 2.53 bits per heavy atom. The van der Waals surface area contributed by atoms with Crippen molar-refractivity contribution in [3.63, 3.8) is 0 Å². The molecule has 0 saturated carbocycles. The van der Waals surface area contributed by atoms with E-state index in [0.29, 0.717) is 0 Å². The van der Waals surface area contributed by atoms with E-state index in [9.17, 15) is 22.8 Å². The zero-order valence-electron chi connectivity index (χ0n) is 16.1. The summed E-state index contributed by atoms with van der Waals surface area (Å²) in [6, 6.07) is 4.44. The number of halogens is 3. The standard InChI is InChI=1S/C19H17F3N4O4/c1-18(2,3)30-17(28)25-12-5-4-10(8-11(12)19(20,21)22)29-13-6-7-23-16-15(13)24-9-14(27)26-16/h4-9H,1-3H3,(H,25,28)(H,23,26,27). The smallest absolute Gasteiger partial charge is 0.418 e. The molecule has 3 rings (SSSR count). The van der Waals surface area contributed by atoms with Crippen molar-refractivity contribution in [1.29, 1.82) is 0 Å². The molecular weight excluding hydrogens is 405 g/mol. The number of fused-ring (bicyclic) bond motifs is 1. The zero-order chi connectivity index (χ0) is 22.1. The molecule has 0 aliphatic heterocycles. The molecule has 1 amide bonds. The van der Waals surface area contributed by atoms with Gasteiger partial charge in [0.1, 0.15) is 16.9 Å². The maximum absolute atomic E-state index is 13.5. The van der Waals surface area contributed by atoms with Crippen LogP contribution in [0.25, 0.3) is 11.2 Å². The van der Waals surface area contributed by atoms with Crippen LogP contribution in [0, 0.1) is 0 Å². The molecule has 1 aromatic carbocycles. The number of rotatable bonds is 3. The Balaban J connectivity index is 1.94. The molecule has 2 N–H and O–H groups in total. The Morgan fingerprint density at radius 1 is 1.13 bits per heavy atom. The lowest BCUT2D eigenvalue weighted by Gasteiger charge is -2.21. The first kappa shape index (κ1) is 21.1. The van der Waals surface area contributed by atoms with E-state index in [2.05, 4.69) is 20.3 Å². The van der Waals surface area contributed by atoms with Gasteiger partial charge >= 0.3 is 12.3 Å². The Kier molecular flexibility index (Phi) is 5.38. The first-order chi connectivity index (χ1) is 13.9. The first-order valence-electron chi connectivity index (χ1n) is 8.65. The zero-order valence-corrected chi connectivity index (χ0v) is 16.1. The average molecular weight is 422 g/mol. The van der Waals surface area contributed by atoms with Crippen LogP contribution in [0.2, 0.25) is 0 Å². The SMILES string of the molecule is CC(C)(C)OC(=O)Nc1ccc(Oc2ccnc3[nH]c(=O)cnc23)cc1C(F)(F)F. The molecule has 0 spiro atoms. The van der Waals surface area contributed by atoms with Crippen molar-refractivity contribution in [3.8, 4) is 11.5 Å². The largest absolute Gasteiger partial charge is 0.455 e. The first-order valence-corrected chi connectivity index (χ1v) is 8.65. The number of nitrogens with zero attached hydrogens (tertiary/aromatic N) is 2. The van der Waals surface area contributed by atoms with Crippen molar-refractivity contribution >= 4 is 22.9 Å². The van der Waals surface area contributed by atoms with E-state index in [1.165, 1.54) is 18.3 Å². The molecule has 2 aromatic heterocycles. The molecule has 158 valence electrons. The number of alkyl halides is 3. The second-order valence-corrected chi connectivity index (χ2v) is 7.19. The van der Waals surface area contributed by atoms with Gasteiger partial charge in [-0.25, -0.2) is 14.8 Å². The molecule has 11 heteroatoms. The van der Waals surface area contributed by atoms with Crippen LogP contribution < -0.4 is 15.6 Å². The Morgan fingerprint density at radius 2 is 1.87 bits per heavy atom. The maximum Gasteiger partial charge on any atom is 0.418 e. The van der Waals surface area contributed by atoms with Crippen LogP contribution >= 0.6 is 0 Å². The van der Waals surface area contributed by atoms with Gasteiger partial charge in [0.15, 0.2) is 11.4 Å². The van der Waals surface area contributed by atoms with Gasteiger partial charge < -0.3 is 14.5 Å². The normalized spacial score (nSPS) is 11.9. The van der Waals surface area contributed by atoms with Gasteiger partial charge in [0.05, 0.1) is 17.4 Å². The van der Waals surface area contributed by atoms with Gasteiger partial charge in [-0.1, -0.05) is 0 Å².